The normalized spacial score (nSPS) is 23.4. The molecule has 3 aliphatic rings. The maximum absolute atomic E-state index is 13.3. The highest BCUT2D eigenvalue weighted by Gasteiger charge is 2.33. The second-order valence-corrected chi connectivity index (χ2v) is 7.84. The topological polar surface area (TPSA) is 49.9 Å². The Labute approximate surface area is 155 Å². The highest BCUT2D eigenvalue weighted by Crippen LogP contribution is 2.31. The standard InChI is InChI=1S/C21H28N2O3/c24-20-9-5-12-22(20)14-17-6-3-4-13-23(17)21(25)18-7-1-2-8-19(18)26-15-16-10-11-16/h1-2,7-8,16-17H,3-6,9-15H2. The molecule has 1 aliphatic carbocycles. The first kappa shape index (κ1) is 17.4. The summed E-state index contributed by atoms with van der Waals surface area (Å²) in [6.45, 7) is 2.98. The molecule has 1 aromatic rings. The van der Waals surface area contributed by atoms with Crippen molar-refractivity contribution >= 4 is 11.8 Å². The van der Waals surface area contributed by atoms with E-state index in [2.05, 4.69) is 0 Å². The molecule has 2 amide bonds. The van der Waals surface area contributed by atoms with Crippen LogP contribution in [0.15, 0.2) is 24.3 Å². The van der Waals surface area contributed by atoms with Crippen LogP contribution in [0.1, 0.15) is 55.3 Å². The first-order valence-corrected chi connectivity index (χ1v) is 10.0. The number of ether oxygens (including phenoxy) is 1. The van der Waals surface area contributed by atoms with Crippen LogP contribution in [0.5, 0.6) is 5.75 Å². The van der Waals surface area contributed by atoms with Gasteiger partial charge in [0, 0.05) is 32.1 Å². The molecule has 0 N–H and O–H groups in total. The Kier molecular flexibility index (Phi) is 5.14. The number of hydrogen-bond donors (Lipinski definition) is 0. The van der Waals surface area contributed by atoms with Crippen molar-refractivity contribution in [3.8, 4) is 5.75 Å². The average Bonchev–Trinajstić information content (AvgIpc) is 3.42. The Morgan fingerprint density at radius 3 is 2.69 bits per heavy atom. The number of nitrogens with zero attached hydrogens (tertiary/aromatic N) is 2. The molecule has 1 saturated carbocycles. The maximum atomic E-state index is 13.3. The molecule has 1 atom stereocenters. The van der Waals surface area contributed by atoms with Crippen LogP contribution in [0.3, 0.4) is 0 Å². The van der Waals surface area contributed by atoms with Crippen molar-refractivity contribution in [3.05, 3.63) is 29.8 Å². The molecule has 1 unspecified atom stereocenters. The summed E-state index contributed by atoms with van der Waals surface area (Å²) in [6.07, 6.45) is 7.18. The van der Waals surface area contributed by atoms with E-state index in [0.29, 0.717) is 36.8 Å². The number of para-hydroxylation sites is 1. The third kappa shape index (κ3) is 3.87. The minimum atomic E-state index is 0.0488. The van der Waals surface area contributed by atoms with Gasteiger partial charge in [0.1, 0.15) is 5.75 Å². The zero-order valence-corrected chi connectivity index (χ0v) is 15.4. The van der Waals surface area contributed by atoms with E-state index in [1.54, 1.807) is 0 Å². The molecule has 140 valence electrons. The van der Waals surface area contributed by atoms with Crippen LogP contribution in [0, 0.1) is 5.92 Å². The van der Waals surface area contributed by atoms with E-state index in [1.165, 1.54) is 12.8 Å². The van der Waals surface area contributed by atoms with E-state index in [0.717, 1.165) is 38.8 Å². The monoisotopic (exact) mass is 356 g/mol. The molecule has 3 fully saturated rings. The van der Waals surface area contributed by atoms with Gasteiger partial charge in [-0.15, -0.1) is 0 Å². The molecule has 2 heterocycles. The highest BCUT2D eigenvalue weighted by atomic mass is 16.5. The smallest absolute Gasteiger partial charge is 0.257 e. The number of likely N-dealkylation sites (tertiary alicyclic amines) is 2. The van der Waals surface area contributed by atoms with Crippen LogP contribution < -0.4 is 4.74 Å². The predicted molar refractivity (Wildman–Crippen MR) is 99.2 cm³/mol. The third-order valence-corrected chi connectivity index (χ3v) is 5.78. The van der Waals surface area contributed by atoms with Crippen LogP contribution in [0.25, 0.3) is 0 Å². The molecule has 2 aliphatic heterocycles. The van der Waals surface area contributed by atoms with Crippen molar-refractivity contribution in [2.75, 3.05) is 26.2 Å². The van der Waals surface area contributed by atoms with Gasteiger partial charge < -0.3 is 14.5 Å². The van der Waals surface area contributed by atoms with Gasteiger partial charge in [0.15, 0.2) is 0 Å². The van der Waals surface area contributed by atoms with Crippen LogP contribution in [0.2, 0.25) is 0 Å². The van der Waals surface area contributed by atoms with Gasteiger partial charge in [0.2, 0.25) is 5.91 Å². The van der Waals surface area contributed by atoms with Crippen LogP contribution in [-0.2, 0) is 4.79 Å². The fourth-order valence-corrected chi connectivity index (χ4v) is 4.03. The Morgan fingerprint density at radius 1 is 1.08 bits per heavy atom. The van der Waals surface area contributed by atoms with E-state index in [1.807, 2.05) is 34.1 Å². The number of hydrogen-bond acceptors (Lipinski definition) is 3. The van der Waals surface area contributed by atoms with Gasteiger partial charge in [-0.2, -0.15) is 0 Å². The number of carbonyl (C=O) groups excluding carboxylic acids is 2. The average molecular weight is 356 g/mol. The lowest BCUT2D eigenvalue weighted by atomic mass is 10.00. The predicted octanol–water partition coefficient (Wildman–Crippen LogP) is 3.09. The van der Waals surface area contributed by atoms with Gasteiger partial charge in [-0.1, -0.05) is 12.1 Å². The Hall–Kier alpha value is -2.04. The molecule has 5 heteroatoms. The summed E-state index contributed by atoms with van der Waals surface area (Å²) in [5.41, 5.74) is 0.660. The van der Waals surface area contributed by atoms with Crippen molar-refractivity contribution in [1.82, 2.24) is 9.80 Å². The summed E-state index contributed by atoms with van der Waals surface area (Å²) in [5, 5.41) is 0. The van der Waals surface area contributed by atoms with Crippen LogP contribution in [-0.4, -0.2) is 53.9 Å². The lowest BCUT2D eigenvalue weighted by Crippen LogP contribution is -2.49. The van der Waals surface area contributed by atoms with Gasteiger partial charge in [0.05, 0.1) is 12.2 Å². The van der Waals surface area contributed by atoms with E-state index in [9.17, 15) is 9.59 Å². The van der Waals surface area contributed by atoms with Crippen molar-refractivity contribution in [2.45, 2.75) is 51.0 Å². The SMILES string of the molecule is O=C1CCCN1CC1CCCCN1C(=O)c1ccccc1OCC1CC1. The van der Waals surface area contributed by atoms with Gasteiger partial charge in [-0.05, 0) is 56.6 Å². The first-order chi connectivity index (χ1) is 12.7. The second kappa shape index (κ2) is 7.68. The van der Waals surface area contributed by atoms with E-state index in [4.69, 9.17) is 4.74 Å². The zero-order chi connectivity index (χ0) is 17.9. The summed E-state index contributed by atoms with van der Waals surface area (Å²) in [4.78, 5) is 29.2. The third-order valence-electron chi connectivity index (χ3n) is 5.78. The minimum Gasteiger partial charge on any atom is -0.492 e. The molecule has 1 aromatic carbocycles. The Balaban J connectivity index is 1.48. The summed E-state index contributed by atoms with van der Waals surface area (Å²) in [5.74, 6) is 1.64. The van der Waals surface area contributed by atoms with Gasteiger partial charge in [-0.25, -0.2) is 0 Å². The Bertz CT molecular complexity index is 671. The lowest BCUT2D eigenvalue weighted by molar-refractivity contribution is -0.128. The number of piperidine rings is 1. The fraction of sp³-hybridized carbons (Fsp3) is 0.619. The minimum absolute atomic E-state index is 0.0488. The molecule has 0 spiro atoms. The summed E-state index contributed by atoms with van der Waals surface area (Å²) < 4.78 is 5.95. The molecule has 5 nitrogen and oxygen atoms in total. The van der Waals surface area contributed by atoms with Crippen molar-refractivity contribution in [2.24, 2.45) is 5.92 Å². The highest BCUT2D eigenvalue weighted by molar-refractivity contribution is 5.97. The fourth-order valence-electron chi connectivity index (χ4n) is 4.03. The molecule has 4 rings (SSSR count). The van der Waals surface area contributed by atoms with Gasteiger partial charge in [0.25, 0.3) is 5.91 Å². The largest absolute Gasteiger partial charge is 0.492 e. The number of carbonyl (C=O) groups is 2. The molecule has 26 heavy (non-hydrogen) atoms. The summed E-state index contributed by atoms with van der Waals surface area (Å²) >= 11 is 0. The van der Waals surface area contributed by atoms with E-state index in [-0.39, 0.29) is 17.9 Å². The van der Waals surface area contributed by atoms with Crippen LogP contribution >= 0.6 is 0 Å². The number of benzene rings is 1. The maximum Gasteiger partial charge on any atom is 0.257 e. The molecular weight excluding hydrogens is 328 g/mol. The van der Waals surface area contributed by atoms with Crippen LogP contribution in [0.4, 0.5) is 0 Å². The molecule has 0 bridgehead atoms. The molecule has 2 saturated heterocycles. The zero-order valence-electron chi connectivity index (χ0n) is 15.4. The Morgan fingerprint density at radius 2 is 1.92 bits per heavy atom. The molecule has 0 radical (unpaired) electrons. The first-order valence-electron chi connectivity index (χ1n) is 10.0. The van der Waals surface area contributed by atoms with Crippen molar-refractivity contribution < 1.29 is 14.3 Å². The summed E-state index contributed by atoms with van der Waals surface area (Å²) in [7, 11) is 0. The second-order valence-electron chi connectivity index (χ2n) is 7.84. The quantitative estimate of drug-likeness (QED) is 0.787. The van der Waals surface area contributed by atoms with Gasteiger partial charge >= 0.3 is 0 Å². The van der Waals surface area contributed by atoms with E-state index >= 15 is 0 Å². The molecule has 0 aromatic heterocycles. The van der Waals surface area contributed by atoms with E-state index < -0.39 is 0 Å². The molecular formula is C21H28N2O3. The van der Waals surface area contributed by atoms with Gasteiger partial charge in [-0.3, -0.25) is 9.59 Å². The van der Waals surface area contributed by atoms with Crippen molar-refractivity contribution in [3.63, 3.8) is 0 Å². The lowest BCUT2D eigenvalue weighted by Gasteiger charge is -2.38. The van der Waals surface area contributed by atoms with Crippen molar-refractivity contribution in [1.29, 1.82) is 0 Å². The number of amides is 2. The summed E-state index contributed by atoms with van der Waals surface area (Å²) in [6, 6.07) is 7.72. The number of rotatable bonds is 6.